The van der Waals surface area contributed by atoms with Gasteiger partial charge in [0.15, 0.2) is 12.2 Å². The van der Waals surface area contributed by atoms with Crippen LogP contribution in [0.15, 0.2) is 159 Å². The van der Waals surface area contributed by atoms with Crippen LogP contribution in [0.2, 0.25) is 0 Å². The number of allylic oxidation sites excluding steroid dienone is 2. The number of hydrogen-bond acceptors (Lipinski definition) is 8. The van der Waals surface area contributed by atoms with Gasteiger partial charge in [-0.1, -0.05) is 87.0 Å². The zero-order valence-electron chi connectivity index (χ0n) is 28.3. The molecule has 0 aliphatic heterocycles. The summed E-state index contributed by atoms with van der Waals surface area (Å²) in [6.07, 6.45) is 0.871. The minimum atomic E-state index is -0.701. The van der Waals surface area contributed by atoms with Crippen LogP contribution in [0.25, 0.3) is 0 Å². The Hall–Kier alpha value is -6.42. The monoisotopic (exact) mass is 690 g/mol. The molecule has 2 unspecified atom stereocenters. The van der Waals surface area contributed by atoms with Crippen LogP contribution in [0, 0.1) is 0 Å². The van der Waals surface area contributed by atoms with Crippen molar-refractivity contribution in [2.75, 3.05) is 37.1 Å². The quantitative estimate of drug-likeness (QED) is 0.0700. The number of ether oxygens (including phenoxy) is 6. The second kappa shape index (κ2) is 20.2. The van der Waals surface area contributed by atoms with E-state index in [0.717, 1.165) is 11.1 Å². The molecule has 0 fully saturated rings. The van der Waals surface area contributed by atoms with Gasteiger partial charge in [-0.05, 0) is 78.2 Å². The van der Waals surface area contributed by atoms with Crippen LogP contribution in [-0.4, -0.2) is 50.8 Å². The van der Waals surface area contributed by atoms with Gasteiger partial charge in [0.25, 0.3) is 0 Å². The number of anilines is 2. The Morgan fingerprint density at radius 3 is 1.27 bits per heavy atom. The summed E-state index contributed by atoms with van der Waals surface area (Å²) in [5.74, 6) is 2.01. The van der Waals surface area contributed by atoms with E-state index in [4.69, 9.17) is 28.4 Å². The fraction of sp³-hybridized carbons (Fsp3) is 0.171. The maximum absolute atomic E-state index is 12.7. The number of amides is 2. The molecule has 0 heterocycles. The lowest BCUT2D eigenvalue weighted by atomic mass is 10.0. The van der Waals surface area contributed by atoms with E-state index in [2.05, 4.69) is 36.9 Å². The van der Waals surface area contributed by atoms with Crippen molar-refractivity contribution in [3.63, 3.8) is 0 Å². The molecule has 0 aliphatic carbocycles. The number of benzene rings is 4. The molecule has 2 atom stereocenters. The molecule has 264 valence electrons. The van der Waals surface area contributed by atoms with Crippen molar-refractivity contribution in [3.05, 3.63) is 170 Å². The van der Waals surface area contributed by atoms with Gasteiger partial charge in [-0.15, -0.1) is 0 Å². The predicted molar refractivity (Wildman–Crippen MR) is 198 cm³/mol. The summed E-state index contributed by atoms with van der Waals surface area (Å²) in [6.45, 7) is 15.0. The van der Waals surface area contributed by atoms with E-state index in [1.807, 2.05) is 84.9 Å². The molecular formula is C41H42N2O8. The SMILES string of the molecule is C=CC(=C)OCC(COc1ccccc1)OC(=O)Nc1ccc(Cc2ccc(NC(=O)OC(COC(=C)C=C)COc3ccccc3)cc2)cc1. The van der Waals surface area contributed by atoms with Gasteiger partial charge in [-0.3, -0.25) is 10.6 Å². The van der Waals surface area contributed by atoms with E-state index in [9.17, 15) is 9.59 Å². The number of hydrogen-bond donors (Lipinski definition) is 2. The van der Waals surface area contributed by atoms with Gasteiger partial charge in [0.2, 0.25) is 0 Å². The number of carbonyl (C=O) groups is 2. The highest BCUT2D eigenvalue weighted by Gasteiger charge is 2.19. The van der Waals surface area contributed by atoms with Crippen molar-refractivity contribution < 1.29 is 38.0 Å². The first-order valence-corrected chi connectivity index (χ1v) is 16.2. The van der Waals surface area contributed by atoms with Crippen molar-refractivity contribution in [1.82, 2.24) is 0 Å². The number of rotatable bonds is 20. The van der Waals surface area contributed by atoms with Crippen molar-refractivity contribution in [2.45, 2.75) is 18.6 Å². The summed E-state index contributed by atoms with van der Waals surface area (Å²) < 4.78 is 33.7. The Morgan fingerprint density at radius 1 is 0.549 bits per heavy atom. The van der Waals surface area contributed by atoms with E-state index in [1.54, 1.807) is 24.3 Å². The van der Waals surface area contributed by atoms with Crippen LogP contribution in [0.4, 0.5) is 21.0 Å². The maximum atomic E-state index is 12.7. The topological polar surface area (TPSA) is 114 Å². The minimum absolute atomic E-state index is 0.0470. The van der Waals surface area contributed by atoms with Gasteiger partial charge in [-0.25, -0.2) is 9.59 Å². The van der Waals surface area contributed by atoms with Gasteiger partial charge >= 0.3 is 12.2 Å². The van der Waals surface area contributed by atoms with Crippen LogP contribution < -0.4 is 20.1 Å². The molecule has 10 nitrogen and oxygen atoms in total. The average Bonchev–Trinajstić information content (AvgIpc) is 3.15. The molecule has 10 heteroatoms. The van der Waals surface area contributed by atoms with Crippen molar-refractivity contribution in [1.29, 1.82) is 0 Å². The third kappa shape index (κ3) is 13.9. The van der Waals surface area contributed by atoms with Crippen LogP contribution in [-0.2, 0) is 25.4 Å². The van der Waals surface area contributed by atoms with Crippen molar-refractivity contribution >= 4 is 23.6 Å². The molecule has 0 aliphatic rings. The highest BCUT2D eigenvalue weighted by atomic mass is 16.6. The summed E-state index contributed by atoms with van der Waals surface area (Å²) in [5, 5.41) is 5.49. The lowest BCUT2D eigenvalue weighted by molar-refractivity contribution is 0.0261. The van der Waals surface area contributed by atoms with Crippen LogP contribution in [0.1, 0.15) is 11.1 Å². The normalized spacial score (nSPS) is 11.5. The first-order chi connectivity index (χ1) is 24.8. The van der Waals surface area contributed by atoms with Crippen molar-refractivity contribution in [2.24, 2.45) is 0 Å². The Labute approximate surface area is 298 Å². The van der Waals surface area contributed by atoms with E-state index in [-0.39, 0.29) is 26.4 Å². The molecule has 0 saturated heterocycles. The Balaban J connectivity index is 1.25. The summed E-state index contributed by atoms with van der Waals surface area (Å²) in [4.78, 5) is 25.4. The highest BCUT2D eigenvalue weighted by Crippen LogP contribution is 2.18. The molecule has 0 saturated carbocycles. The third-order valence-corrected chi connectivity index (χ3v) is 7.08. The minimum Gasteiger partial charge on any atom is -0.490 e. The van der Waals surface area contributed by atoms with Gasteiger partial charge in [0.05, 0.1) is 0 Å². The zero-order valence-corrected chi connectivity index (χ0v) is 28.3. The number of carbonyl (C=O) groups excluding carboxylic acids is 2. The third-order valence-electron chi connectivity index (χ3n) is 7.08. The Morgan fingerprint density at radius 2 is 0.922 bits per heavy atom. The molecule has 0 bridgehead atoms. The molecule has 2 amide bonds. The van der Waals surface area contributed by atoms with Crippen molar-refractivity contribution in [3.8, 4) is 11.5 Å². The molecule has 4 aromatic rings. The first kappa shape index (κ1) is 37.4. The summed E-state index contributed by atoms with van der Waals surface area (Å²) in [5.41, 5.74) is 3.16. The molecule has 0 radical (unpaired) electrons. The lowest BCUT2D eigenvalue weighted by Crippen LogP contribution is -2.31. The van der Waals surface area contributed by atoms with Gasteiger partial charge in [0, 0.05) is 11.4 Å². The zero-order chi connectivity index (χ0) is 36.3. The second-order valence-corrected chi connectivity index (χ2v) is 11.1. The molecule has 0 aromatic heterocycles. The van der Waals surface area contributed by atoms with Crippen LogP contribution >= 0.6 is 0 Å². The van der Waals surface area contributed by atoms with E-state index < -0.39 is 24.4 Å². The van der Waals surface area contributed by atoms with E-state index >= 15 is 0 Å². The molecule has 2 N–H and O–H groups in total. The van der Waals surface area contributed by atoms with E-state index in [1.165, 1.54) is 12.2 Å². The number of para-hydroxylation sites is 2. The van der Waals surface area contributed by atoms with Gasteiger partial charge in [0.1, 0.15) is 49.4 Å². The molecule has 4 aromatic carbocycles. The Kier molecular flexibility index (Phi) is 14.8. The lowest BCUT2D eigenvalue weighted by Gasteiger charge is -2.19. The fourth-order valence-electron chi connectivity index (χ4n) is 4.41. The molecule has 4 rings (SSSR count). The van der Waals surface area contributed by atoms with E-state index in [0.29, 0.717) is 40.8 Å². The maximum Gasteiger partial charge on any atom is 0.412 e. The summed E-state index contributed by atoms with van der Waals surface area (Å²) >= 11 is 0. The largest absolute Gasteiger partial charge is 0.490 e. The summed E-state index contributed by atoms with van der Waals surface area (Å²) in [6, 6.07) is 33.2. The predicted octanol–water partition coefficient (Wildman–Crippen LogP) is 8.70. The Bertz CT molecular complexity index is 1600. The molecule has 0 spiro atoms. The van der Waals surface area contributed by atoms with Gasteiger partial charge in [-0.2, -0.15) is 0 Å². The number of nitrogens with one attached hydrogen (secondary N) is 2. The summed E-state index contributed by atoms with van der Waals surface area (Å²) in [7, 11) is 0. The van der Waals surface area contributed by atoms with Gasteiger partial charge < -0.3 is 28.4 Å². The average molecular weight is 691 g/mol. The fourth-order valence-corrected chi connectivity index (χ4v) is 4.41. The molecule has 51 heavy (non-hydrogen) atoms. The van der Waals surface area contributed by atoms with Crippen LogP contribution in [0.5, 0.6) is 11.5 Å². The second-order valence-electron chi connectivity index (χ2n) is 11.1. The smallest absolute Gasteiger partial charge is 0.412 e. The highest BCUT2D eigenvalue weighted by molar-refractivity contribution is 5.85. The first-order valence-electron chi connectivity index (χ1n) is 16.2. The molecular weight excluding hydrogens is 648 g/mol. The standard InChI is InChI=1S/C41H42N2O8/c1-5-30(3)46-26-38(28-48-36-13-9-7-10-14-36)50-40(44)42-34-21-17-32(18-22-34)25-33-19-23-35(24-20-33)43-41(45)51-39(27-47-31(4)6-2)29-49-37-15-11-8-12-16-37/h5-24,38-39H,1-4,25-29H2,(H,42,44)(H,43,45). The van der Waals surface area contributed by atoms with Crippen LogP contribution in [0.3, 0.4) is 0 Å².